The van der Waals surface area contributed by atoms with Gasteiger partial charge in [-0.2, -0.15) is 0 Å². The second-order valence-electron chi connectivity index (χ2n) is 6.52. The fourth-order valence-electron chi connectivity index (χ4n) is 3.39. The summed E-state index contributed by atoms with van der Waals surface area (Å²) in [4.78, 5) is 13.0. The van der Waals surface area contributed by atoms with Gasteiger partial charge in [-0.05, 0) is 38.0 Å². The van der Waals surface area contributed by atoms with Crippen molar-refractivity contribution in [3.05, 3.63) is 40.5 Å². The molecule has 2 aliphatic heterocycles. The number of fused-ring (bicyclic) bond motifs is 2. The van der Waals surface area contributed by atoms with Crippen molar-refractivity contribution in [2.45, 2.75) is 26.6 Å². The van der Waals surface area contributed by atoms with Gasteiger partial charge in [-0.1, -0.05) is 6.07 Å². The van der Waals surface area contributed by atoms with Crippen molar-refractivity contribution in [1.82, 2.24) is 0 Å². The molecule has 0 spiro atoms. The topological polar surface area (TPSA) is 105 Å². The molecular weight excluding hydrogens is 340 g/mol. The average Bonchev–Trinajstić information content (AvgIpc) is 3.09. The maximum absolute atomic E-state index is 13.0. The normalized spacial score (nSPS) is 20.7. The standard InChI is InChI=1S/C19H18O7/c1-8-15(20)9(2)18-14(16(8)21)17(22)11(19(23)26-18)5-10-3-4-12-13(6-10)25-7-24-12/h3-4,6,11,19-21,23H,5,7H2,1-2H3/t11-,19+/m1/s1. The molecule has 0 radical (unpaired) electrons. The van der Waals surface area contributed by atoms with Gasteiger partial charge in [0, 0.05) is 11.1 Å². The molecule has 7 heteroatoms. The third kappa shape index (κ3) is 2.35. The molecule has 2 atom stereocenters. The molecule has 0 saturated carbocycles. The number of hydrogen-bond acceptors (Lipinski definition) is 7. The van der Waals surface area contributed by atoms with E-state index in [-0.39, 0.29) is 41.6 Å². The van der Waals surface area contributed by atoms with E-state index >= 15 is 0 Å². The molecule has 0 amide bonds. The fraction of sp³-hybridized carbons (Fsp3) is 0.316. The minimum absolute atomic E-state index is 0.00570. The van der Waals surface area contributed by atoms with E-state index in [1.807, 2.05) is 0 Å². The molecule has 4 rings (SSSR count). The van der Waals surface area contributed by atoms with Gasteiger partial charge in [0.2, 0.25) is 13.1 Å². The minimum Gasteiger partial charge on any atom is -0.507 e. The summed E-state index contributed by atoms with van der Waals surface area (Å²) in [7, 11) is 0. The molecule has 0 unspecified atom stereocenters. The Balaban J connectivity index is 1.71. The maximum atomic E-state index is 13.0. The molecule has 0 fully saturated rings. The number of phenols is 2. The number of aromatic hydroxyl groups is 2. The number of ether oxygens (including phenoxy) is 3. The molecule has 136 valence electrons. The van der Waals surface area contributed by atoms with Crippen molar-refractivity contribution >= 4 is 5.78 Å². The van der Waals surface area contributed by atoms with Crippen LogP contribution in [0.25, 0.3) is 0 Å². The number of phenolic OH excluding ortho intramolecular Hbond substituents is 2. The summed E-state index contributed by atoms with van der Waals surface area (Å²) in [6, 6.07) is 5.29. The van der Waals surface area contributed by atoms with Crippen LogP contribution in [0.1, 0.15) is 27.0 Å². The van der Waals surface area contributed by atoms with Crippen LogP contribution >= 0.6 is 0 Å². The zero-order valence-electron chi connectivity index (χ0n) is 14.3. The number of hydrogen-bond donors (Lipinski definition) is 3. The van der Waals surface area contributed by atoms with Gasteiger partial charge in [0.1, 0.15) is 22.8 Å². The molecular formula is C19H18O7. The Hall–Kier alpha value is -2.93. The van der Waals surface area contributed by atoms with Gasteiger partial charge in [0.15, 0.2) is 17.3 Å². The van der Waals surface area contributed by atoms with Crippen LogP contribution in [0.5, 0.6) is 28.7 Å². The van der Waals surface area contributed by atoms with E-state index in [0.717, 1.165) is 5.56 Å². The highest BCUT2D eigenvalue weighted by Crippen LogP contribution is 2.46. The van der Waals surface area contributed by atoms with Gasteiger partial charge in [-0.25, -0.2) is 0 Å². The van der Waals surface area contributed by atoms with Crippen molar-refractivity contribution in [2.24, 2.45) is 5.92 Å². The minimum atomic E-state index is -1.39. The molecule has 26 heavy (non-hydrogen) atoms. The third-order valence-electron chi connectivity index (χ3n) is 4.93. The van der Waals surface area contributed by atoms with Crippen molar-refractivity contribution in [2.75, 3.05) is 6.79 Å². The number of rotatable bonds is 2. The second kappa shape index (κ2) is 5.81. The Bertz CT molecular complexity index is 919. The number of aliphatic hydroxyl groups excluding tert-OH is 1. The molecule has 2 aromatic carbocycles. The van der Waals surface area contributed by atoms with Crippen molar-refractivity contribution in [1.29, 1.82) is 0 Å². The molecule has 2 aromatic rings. The van der Waals surface area contributed by atoms with E-state index in [9.17, 15) is 20.1 Å². The quantitative estimate of drug-likeness (QED) is 0.756. The van der Waals surface area contributed by atoms with Gasteiger partial charge >= 0.3 is 0 Å². The predicted molar refractivity (Wildman–Crippen MR) is 90.0 cm³/mol. The summed E-state index contributed by atoms with van der Waals surface area (Å²) in [6.45, 7) is 3.23. The van der Waals surface area contributed by atoms with E-state index in [2.05, 4.69) is 0 Å². The Morgan fingerprint density at radius 1 is 1.08 bits per heavy atom. The number of carbonyl (C=O) groups is 1. The van der Waals surface area contributed by atoms with Gasteiger partial charge in [0.25, 0.3) is 0 Å². The highest BCUT2D eigenvalue weighted by molar-refractivity contribution is 6.05. The lowest BCUT2D eigenvalue weighted by molar-refractivity contribution is -0.0598. The van der Waals surface area contributed by atoms with E-state index in [4.69, 9.17) is 14.2 Å². The molecule has 3 N–H and O–H groups in total. The summed E-state index contributed by atoms with van der Waals surface area (Å²) >= 11 is 0. The van der Waals surface area contributed by atoms with Crippen LogP contribution in [-0.4, -0.2) is 34.2 Å². The summed E-state index contributed by atoms with van der Waals surface area (Å²) in [6.07, 6.45) is -1.19. The molecule has 0 saturated heterocycles. The predicted octanol–water partition coefficient (Wildman–Crippen LogP) is 2.20. The summed E-state index contributed by atoms with van der Waals surface area (Å²) < 4.78 is 16.1. The van der Waals surface area contributed by atoms with Crippen LogP contribution < -0.4 is 14.2 Å². The van der Waals surface area contributed by atoms with Gasteiger partial charge in [-0.15, -0.1) is 0 Å². The van der Waals surface area contributed by atoms with Crippen LogP contribution in [0.15, 0.2) is 18.2 Å². The van der Waals surface area contributed by atoms with Crippen LogP contribution in [0.4, 0.5) is 0 Å². The van der Waals surface area contributed by atoms with Gasteiger partial charge in [0.05, 0.1) is 5.92 Å². The molecule has 0 aliphatic carbocycles. The first-order valence-electron chi connectivity index (χ1n) is 8.21. The Kier molecular flexibility index (Phi) is 3.69. The zero-order chi connectivity index (χ0) is 18.6. The summed E-state index contributed by atoms with van der Waals surface area (Å²) in [5, 5.41) is 30.7. The lowest BCUT2D eigenvalue weighted by atomic mass is 9.85. The number of benzene rings is 2. The van der Waals surface area contributed by atoms with Crippen LogP contribution in [0, 0.1) is 19.8 Å². The van der Waals surface area contributed by atoms with Crippen molar-refractivity contribution in [3.63, 3.8) is 0 Å². The third-order valence-corrected chi connectivity index (χ3v) is 4.93. The largest absolute Gasteiger partial charge is 0.507 e. The SMILES string of the molecule is Cc1c(O)c(C)c2c(c1O)C(=O)[C@@H](Cc1ccc3c(c1)OCO3)[C@@H](O)O2. The number of Topliss-reactive ketones (excluding diaryl/α,β-unsaturated/α-hetero) is 1. The molecule has 7 nitrogen and oxygen atoms in total. The van der Waals surface area contributed by atoms with Gasteiger partial charge < -0.3 is 29.5 Å². The lowest BCUT2D eigenvalue weighted by Crippen LogP contribution is -2.39. The first-order chi connectivity index (χ1) is 12.4. The van der Waals surface area contributed by atoms with Gasteiger partial charge in [-0.3, -0.25) is 4.79 Å². The van der Waals surface area contributed by atoms with Crippen molar-refractivity contribution in [3.8, 4) is 28.7 Å². The number of ketones is 1. The number of aliphatic hydroxyl groups is 1. The average molecular weight is 358 g/mol. The smallest absolute Gasteiger partial charge is 0.231 e. The van der Waals surface area contributed by atoms with Crippen LogP contribution in [0.3, 0.4) is 0 Å². The highest BCUT2D eigenvalue weighted by Gasteiger charge is 2.40. The highest BCUT2D eigenvalue weighted by atomic mass is 16.7. The van der Waals surface area contributed by atoms with E-state index in [1.54, 1.807) is 25.1 Å². The molecule has 0 bridgehead atoms. The Morgan fingerprint density at radius 3 is 2.58 bits per heavy atom. The Morgan fingerprint density at radius 2 is 1.81 bits per heavy atom. The van der Waals surface area contributed by atoms with Crippen LogP contribution in [-0.2, 0) is 6.42 Å². The first kappa shape index (κ1) is 16.5. The second-order valence-corrected chi connectivity index (χ2v) is 6.52. The number of carbonyl (C=O) groups excluding carboxylic acids is 1. The van der Waals surface area contributed by atoms with E-state index < -0.39 is 18.0 Å². The lowest BCUT2D eigenvalue weighted by Gasteiger charge is -2.31. The monoisotopic (exact) mass is 358 g/mol. The van der Waals surface area contributed by atoms with E-state index in [0.29, 0.717) is 17.1 Å². The molecule has 2 aliphatic rings. The van der Waals surface area contributed by atoms with E-state index in [1.165, 1.54) is 6.92 Å². The molecule has 0 aromatic heterocycles. The fourth-order valence-corrected chi connectivity index (χ4v) is 3.39. The van der Waals surface area contributed by atoms with Crippen LogP contribution in [0.2, 0.25) is 0 Å². The maximum Gasteiger partial charge on any atom is 0.231 e. The zero-order valence-corrected chi connectivity index (χ0v) is 14.3. The molecule has 2 heterocycles. The van der Waals surface area contributed by atoms with Crippen molar-refractivity contribution < 1.29 is 34.3 Å². The Labute approximate surface area is 149 Å². The summed E-state index contributed by atoms with van der Waals surface area (Å²) in [5.74, 6) is -0.570. The summed E-state index contributed by atoms with van der Waals surface area (Å²) in [5.41, 5.74) is 1.28. The first-order valence-corrected chi connectivity index (χ1v) is 8.21.